The Kier molecular flexibility index (Phi) is 3.23. The molecule has 1 aliphatic carbocycles. The highest BCUT2D eigenvalue weighted by Crippen LogP contribution is 2.30. The minimum absolute atomic E-state index is 0.809. The Morgan fingerprint density at radius 2 is 1.85 bits per heavy atom. The van der Waals surface area contributed by atoms with Crippen molar-refractivity contribution in [2.75, 3.05) is 26.2 Å². The van der Waals surface area contributed by atoms with Gasteiger partial charge in [-0.1, -0.05) is 0 Å². The second-order valence-corrected chi connectivity index (χ2v) is 4.78. The molecule has 1 unspecified atom stereocenters. The third-order valence-corrected chi connectivity index (χ3v) is 3.49. The van der Waals surface area contributed by atoms with Crippen molar-refractivity contribution in [1.29, 1.82) is 0 Å². The maximum absolute atomic E-state index is 5.71. The van der Waals surface area contributed by atoms with Gasteiger partial charge in [-0.3, -0.25) is 0 Å². The van der Waals surface area contributed by atoms with Crippen LogP contribution in [0.25, 0.3) is 0 Å². The van der Waals surface area contributed by atoms with Crippen LogP contribution >= 0.6 is 0 Å². The number of hydrogen-bond acceptors (Lipinski definition) is 2. The lowest BCUT2D eigenvalue weighted by Crippen LogP contribution is -2.27. The van der Waals surface area contributed by atoms with Crippen molar-refractivity contribution in [3.05, 3.63) is 0 Å². The molecule has 0 aromatic heterocycles. The Bertz CT molecular complexity index is 154. The maximum Gasteiger partial charge on any atom is 0.000966 e. The first-order valence-corrected chi connectivity index (χ1v) is 5.81. The van der Waals surface area contributed by atoms with E-state index in [2.05, 4.69) is 4.90 Å². The van der Waals surface area contributed by atoms with E-state index in [-0.39, 0.29) is 0 Å². The topological polar surface area (TPSA) is 29.3 Å². The maximum atomic E-state index is 5.71. The molecule has 0 aromatic rings. The molecule has 1 saturated heterocycles. The first-order chi connectivity index (χ1) is 6.38. The molecular weight excluding hydrogens is 160 g/mol. The van der Waals surface area contributed by atoms with Gasteiger partial charge < -0.3 is 10.6 Å². The molecular formula is C11H22N2. The van der Waals surface area contributed by atoms with Crippen molar-refractivity contribution in [1.82, 2.24) is 4.90 Å². The number of hydrogen-bond donors (Lipinski definition) is 1. The summed E-state index contributed by atoms with van der Waals surface area (Å²) in [5, 5.41) is 0. The highest BCUT2D eigenvalue weighted by atomic mass is 15.1. The molecule has 1 saturated carbocycles. The van der Waals surface area contributed by atoms with E-state index in [1.807, 2.05) is 0 Å². The molecule has 0 aromatic carbocycles. The summed E-state index contributed by atoms with van der Waals surface area (Å²) in [6.07, 6.45) is 7.03. The van der Waals surface area contributed by atoms with E-state index in [0.29, 0.717) is 0 Å². The summed E-state index contributed by atoms with van der Waals surface area (Å²) >= 11 is 0. The van der Waals surface area contributed by atoms with Crippen LogP contribution in [-0.4, -0.2) is 31.1 Å². The number of nitrogens with zero attached hydrogens (tertiary/aromatic N) is 1. The highest BCUT2D eigenvalue weighted by Gasteiger charge is 2.25. The van der Waals surface area contributed by atoms with Crippen LogP contribution in [0.4, 0.5) is 0 Å². The molecule has 0 spiro atoms. The minimum atomic E-state index is 0.809. The zero-order valence-electron chi connectivity index (χ0n) is 8.54. The van der Waals surface area contributed by atoms with E-state index in [1.165, 1.54) is 51.7 Å². The molecule has 0 bridgehead atoms. The first-order valence-electron chi connectivity index (χ1n) is 5.81. The van der Waals surface area contributed by atoms with Crippen LogP contribution in [-0.2, 0) is 0 Å². The Morgan fingerprint density at radius 3 is 2.54 bits per heavy atom. The second-order valence-electron chi connectivity index (χ2n) is 4.78. The molecule has 2 nitrogen and oxygen atoms in total. The van der Waals surface area contributed by atoms with Crippen LogP contribution < -0.4 is 5.73 Å². The number of rotatable bonds is 3. The van der Waals surface area contributed by atoms with Crippen molar-refractivity contribution in [2.24, 2.45) is 17.6 Å². The van der Waals surface area contributed by atoms with E-state index in [1.54, 1.807) is 0 Å². The molecule has 76 valence electrons. The molecule has 2 aliphatic rings. The molecule has 0 radical (unpaired) electrons. The summed E-state index contributed by atoms with van der Waals surface area (Å²) < 4.78 is 0. The molecule has 2 heteroatoms. The van der Waals surface area contributed by atoms with E-state index >= 15 is 0 Å². The highest BCUT2D eigenvalue weighted by molar-refractivity contribution is 4.79. The second kappa shape index (κ2) is 4.43. The Hall–Kier alpha value is -0.0800. The lowest BCUT2D eigenvalue weighted by molar-refractivity contribution is 0.270. The van der Waals surface area contributed by atoms with Gasteiger partial charge in [-0.25, -0.2) is 0 Å². The average Bonchev–Trinajstić information content (AvgIpc) is 2.93. The van der Waals surface area contributed by atoms with Gasteiger partial charge in [0.2, 0.25) is 0 Å². The van der Waals surface area contributed by atoms with Gasteiger partial charge in [-0.05, 0) is 63.6 Å². The first kappa shape index (κ1) is 9.47. The Morgan fingerprint density at radius 1 is 1.00 bits per heavy atom. The van der Waals surface area contributed by atoms with Gasteiger partial charge in [0, 0.05) is 6.54 Å². The van der Waals surface area contributed by atoms with Gasteiger partial charge in [0.15, 0.2) is 0 Å². The Labute approximate surface area is 81.5 Å². The number of nitrogens with two attached hydrogens (primary N) is 1. The standard InChI is InChI=1S/C11H22N2/c12-8-10-2-1-6-13(7-5-10)9-11-3-4-11/h10-11H,1-9,12H2. The normalized spacial score (nSPS) is 31.6. The largest absolute Gasteiger partial charge is 0.330 e. The summed E-state index contributed by atoms with van der Waals surface area (Å²) in [4.78, 5) is 2.66. The number of likely N-dealkylation sites (tertiary alicyclic amines) is 1. The summed E-state index contributed by atoms with van der Waals surface area (Å²) in [5.41, 5.74) is 5.71. The van der Waals surface area contributed by atoms with Gasteiger partial charge in [0.1, 0.15) is 0 Å². The molecule has 0 amide bonds. The predicted octanol–water partition coefficient (Wildman–Crippen LogP) is 1.46. The molecule has 2 fully saturated rings. The fraction of sp³-hybridized carbons (Fsp3) is 1.00. The van der Waals surface area contributed by atoms with Gasteiger partial charge in [-0.2, -0.15) is 0 Å². The van der Waals surface area contributed by atoms with Crippen molar-refractivity contribution < 1.29 is 0 Å². The summed E-state index contributed by atoms with van der Waals surface area (Å²) in [6, 6.07) is 0. The average molecular weight is 182 g/mol. The van der Waals surface area contributed by atoms with E-state index in [9.17, 15) is 0 Å². The van der Waals surface area contributed by atoms with E-state index < -0.39 is 0 Å². The van der Waals surface area contributed by atoms with Crippen LogP contribution in [0, 0.1) is 11.8 Å². The van der Waals surface area contributed by atoms with Crippen LogP contribution in [0.3, 0.4) is 0 Å². The monoisotopic (exact) mass is 182 g/mol. The summed E-state index contributed by atoms with van der Waals surface area (Å²) in [6.45, 7) is 4.90. The fourth-order valence-corrected chi connectivity index (χ4v) is 2.31. The van der Waals surface area contributed by atoms with E-state index in [0.717, 1.165) is 18.4 Å². The lowest BCUT2D eigenvalue weighted by Gasteiger charge is -2.19. The smallest absolute Gasteiger partial charge is 0.000966 e. The zero-order chi connectivity index (χ0) is 9.10. The third kappa shape index (κ3) is 2.96. The minimum Gasteiger partial charge on any atom is -0.330 e. The van der Waals surface area contributed by atoms with Crippen LogP contribution in [0.5, 0.6) is 0 Å². The molecule has 2 rings (SSSR count). The zero-order valence-corrected chi connectivity index (χ0v) is 8.54. The fourth-order valence-electron chi connectivity index (χ4n) is 2.31. The van der Waals surface area contributed by atoms with E-state index in [4.69, 9.17) is 5.73 Å². The van der Waals surface area contributed by atoms with Crippen LogP contribution in [0.15, 0.2) is 0 Å². The lowest BCUT2D eigenvalue weighted by atomic mass is 10.0. The molecule has 13 heavy (non-hydrogen) atoms. The van der Waals surface area contributed by atoms with Crippen LogP contribution in [0.2, 0.25) is 0 Å². The third-order valence-electron chi connectivity index (χ3n) is 3.49. The van der Waals surface area contributed by atoms with Gasteiger partial charge in [0.05, 0.1) is 0 Å². The van der Waals surface area contributed by atoms with Crippen molar-refractivity contribution >= 4 is 0 Å². The predicted molar refractivity (Wildman–Crippen MR) is 55.6 cm³/mol. The summed E-state index contributed by atoms with van der Waals surface area (Å²) in [5.74, 6) is 1.86. The SMILES string of the molecule is NCC1CCCN(CC2CC2)CC1. The molecule has 1 atom stereocenters. The van der Waals surface area contributed by atoms with Crippen LogP contribution in [0.1, 0.15) is 32.1 Å². The summed E-state index contributed by atoms with van der Waals surface area (Å²) in [7, 11) is 0. The van der Waals surface area contributed by atoms with Gasteiger partial charge >= 0.3 is 0 Å². The van der Waals surface area contributed by atoms with Gasteiger partial charge in [-0.15, -0.1) is 0 Å². The molecule has 1 aliphatic heterocycles. The Balaban J connectivity index is 1.72. The van der Waals surface area contributed by atoms with Gasteiger partial charge in [0.25, 0.3) is 0 Å². The quantitative estimate of drug-likeness (QED) is 0.716. The molecule has 1 heterocycles. The van der Waals surface area contributed by atoms with Crippen molar-refractivity contribution in [3.63, 3.8) is 0 Å². The van der Waals surface area contributed by atoms with Crippen molar-refractivity contribution in [2.45, 2.75) is 32.1 Å². The van der Waals surface area contributed by atoms with Crippen molar-refractivity contribution in [3.8, 4) is 0 Å². The molecule has 2 N–H and O–H groups in total.